The number of ether oxygens (including phenoxy) is 4. The molecule has 0 bridgehead atoms. The molecule has 156 valence electrons. The molecule has 0 spiro atoms. The molecule has 0 fully saturated rings. The van der Waals surface area contributed by atoms with Crippen molar-refractivity contribution in [3.8, 4) is 17.2 Å². The van der Waals surface area contributed by atoms with Crippen LogP contribution < -0.4 is 19.5 Å². The van der Waals surface area contributed by atoms with E-state index in [1.807, 2.05) is 26.8 Å². The molecule has 0 radical (unpaired) electrons. The molecule has 2 aromatic rings. The summed E-state index contributed by atoms with van der Waals surface area (Å²) in [6.07, 6.45) is 0. The summed E-state index contributed by atoms with van der Waals surface area (Å²) in [6, 6.07) is 11.8. The van der Waals surface area contributed by atoms with Crippen molar-refractivity contribution in [1.29, 1.82) is 0 Å². The van der Waals surface area contributed by atoms with Gasteiger partial charge < -0.3 is 24.3 Å². The Morgan fingerprint density at radius 2 is 1.76 bits per heavy atom. The van der Waals surface area contributed by atoms with Crippen molar-refractivity contribution >= 4 is 17.6 Å². The standard InChI is InChI=1S/C22H27NO6/c1-5-27-18-9-7-6-8-17(18)23-21(24)14-29-22(25)16-10-11-19(20(12-16)26-4)28-13-15(2)3/h6-12,15H,5,13-14H2,1-4H3,(H,23,24). The van der Waals surface area contributed by atoms with E-state index in [1.54, 1.807) is 30.3 Å². The first-order chi connectivity index (χ1) is 13.9. The van der Waals surface area contributed by atoms with E-state index in [0.29, 0.717) is 42.1 Å². The van der Waals surface area contributed by atoms with Gasteiger partial charge in [-0.2, -0.15) is 0 Å². The number of hydrogen-bond donors (Lipinski definition) is 1. The Hall–Kier alpha value is -3.22. The summed E-state index contributed by atoms with van der Waals surface area (Å²) in [5.41, 5.74) is 0.782. The van der Waals surface area contributed by atoms with E-state index in [0.717, 1.165) is 0 Å². The van der Waals surface area contributed by atoms with Gasteiger partial charge in [-0.15, -0.1) is 0 Å². The quantitative estimate of drug-likeness (QED) is 0.608. The van der Waals surface area contributed by atoms with Crippen molar-refractivity contribution in [1.82, 2.24) is 0 Å². The molecule has 0 aliphatic carbocycles. The molecule has 2 aromatic carbocycles. The fraction of sp³-hybridized carbons (Fsp3) is 0.364. The second-order valence-electron chi connectivity index (χ2n) is 6.62. The fourth-order valence-corrected chi connectivity index (χ4v) is 2.42. The highest BCUT2D eigenvalue weighted by atomic mass is 16.5. The fourth-order valence-electron chi connectivity index (χ4n) is 2.42. The smallest absolute Gasteiger partial charge is 0.338 e. The number of esters is 1. The third-order valence-electron chi connectivity index (χ3n) is 3.77. The summed E-state index contributed by atoms with van der Waals surface area (Å²) in [5, 5.41) is 2.68. The van der Waals surface area contributed by atoms with Gasteiger partial charge in [0.15, 0.2) is 18.1 Å². The molecule has 0 heterocycles. The van der Waals surface area contributed by atoms with Gasteiger partial charge in [0.25, 0.3) is 5.91 Å². The number of amides is 1. The SMILES string of the molecule is CCOc1ccccc1NC(=O)COC(=O)c1ccc(OCC(C)C)c(OC)c1. The number of rotatable bonds is 10. The summed E-state index contributed by atoms with van der Waals surface area (Å²) < 4.78 is 21.5. The van der Waals surface area contributed by atoms with Crippen LogP contribution in [0.1, 0.15) is 31.1 Å². The number of para-hydroxylation sites is 2. The van der Waals surface area contributed by atoms with E-state index >= 15 is 0 Å². The highest BCUT2D eigenvalue weighted by Gasteiger charge is 2.15. The topological polar surface area (TPSA) is 83.1 Å². The van der Waals surface area contributed by atoms with Crippen LogP contribution in [0.25, 0.3) is 0 Å². The third-order valence-corrected chi connectivity index (χ3v) is 3.77. The zero-order chi connectivity index (χ0) is 21.2. The predicted molar refractivity (Wildman–Crippen MR) is 110 cm³/mol. The third kappa shape index (κ3) is 6.71. The van der Waals surface area contributed by atoms with Crippen LogP contribution in [-0.2, 0) is 9.53 Å². The monoisotopic (exact) mass is 401 g/mol. The number of nitrogens with one attached hydrogen (secondary N) is 1. The lowest BCUT2D eigenvalue weighted by atomic mass is 10.2. The molecular formula is C22H27NO6. The molecule has 1 amide bonds. The van der Waals surface area contributed by atoms with Crippen LogP contribution in [0.2, 0.25) is 0 Å². The van der Waals surface area contributed by atoms with Gasteiger partial charge in [0.1, 0.15) is 5.75 Å². The second-order valence-corrected chi connectivity index (χ2v) is 6.62. The van der Waals surface area contributed by atoms with Gasteiger partial charge in [-0.3, -0.25) is 4.79 Å². The summed E-state index contributed by atoms with van der Waals surface area (Å²) in [6.45, 7) is 6.51. The van der Waals surface area contributed by atoms with E-state index in [9.17, 15) is 9.59 Å². The first-order valence-corrected chi connectivity index (χ1v) is 9.44. The van der Waals surface area contributed by atoms with Crippen molar-refractivity contribution in [2.24, 2.45) is 5.92 Å². The number of carbonyl (C=O) groups excluding carboxylic acids is 2. The number of anilines is 1. The Kier molecular flexibility index (Phi) is 8.33. The lowest BCUT2D eigenvalue weighted by Gasteiger charge is -2.13. The molecule has 0 saturated heterocycles. The van der Waals surface area contributed by atoms with Crippen LogP contribution in [-0.4, -0.2) is 38.8 Å². The molecule has 1 N–H and O–H groups in total. The number of methoxy groups -OCH3 is 1. The van der Waals surface area contributed by atoms with Crippen molar-refractivity contribution in [3.05, 3.63) is 48.0 Å². The van der Waals surface area contributed by atoms with E-state index in [4.69, 9.17) is 18.9 Å². The molecule has 0 aliphatic rings. The maximum atomic E-state index is 12.3. The van der Waals surface area contributed by atoms with Crippen molar-refractivity contribution in [2.45, 2.75) is 20.8 Å². The van der Waals surface area contributed by atoms with Gasteiger partial charge in [0, 0.05) is 0 Å². The minimum absolute atomic E-state index is 0.265. The highest BCUT2D eigenvalue weighted by molar-refractivity contribution is 5.96. The van der Waals surface area contributed by atoms with E-state index in [2.05, 4.69) is 5.32 Å². The summed E-state index contributed by atoms with van der Waals surface area (Å²) in [7, 11) is 1.50. The van der Waals surface area contributed by atoms with Crippen molar-refractivity contribution < 1.29 is 28.5 Å². The van der Waals surface area contributed by atoms with Crippen molar-refractivity contribution in [2.75, 3.05) is 32.2 Å². The zero-order valence-corrected chi connectivity index (χ0v) is 17.2. The van der Waals surface area contributed by atoms with Crippen LogP contribution in [0.3, 0.4) is 0 Å². The Balaban J connectivity index is 1.95. The van der Waals surface area contributed by atoms with Crippen LogP contribution >= 0.6 is 0 Å². The van der Waals surface area contributed by atoms with Gasteiger partial charge in [-0.1, -0.05) is 26.0 Å². The van der Waals surface area contributed by atoms with E-state index in [1.165, 1.54) is 13.2 Å². The Bertz CT molecular complexity index is 834. The normalized spacial score (nSPS) is 10.4. The predicted octanol–water partition coefficient (Wildman–Crippen LogP) is 3.92. The lowest BCUT2D eigenvalue weighted by Crippen LogP contribution is -2.21. The average molecular weight is 401 g/mol. The number of carbonyl (C=O) groups is 2. The average Bonchev–Trinajstić information content (AvgIpc) is 2.72. The molecule has 29 heavy (non-hydrogen) atoms. The Morgan fingerprint density at radius 1 is 1.00 bits per heavy atom. The van der Waals surface area contributed by atoms with Crippen molar-refractivity contribution in [3.63, 3.8) is 0 Å². The summed E-state index contributed by atoms with van der Waals surface area (Å²) >= 11 is 0. The molecule has 7 heteroatoms. The first-order valence-electron chi connectivity index (χ1n) is 9.44. The number of benzene rings is 2. The van der Waals surface area contributed by atoms with Gasteiger partial charge in [0.05, 0.1) is 31.6 Å². The van der Waals surface area contributed by atoms with Gasteiger partial charge in [-0.05, 0) is 43.2 Å². The maximum absolute atomic E-state index is 12.3. The largest absolute Gasteiger partial charge is 0.493 e. The van der Waals surface area contributed by atoms with Crippen LogP contribution in [0, 0.1) is 5.92 Å². The Labute approximate surface area is 170 Å². The number of hydrogen-bond acceptors (Lipinski definition) is 6. The molecule has 0 aromatic heterocycles. The molecule has 7 nitrogen and oxygen atoms in total. The minimum Gasteiger partial charge on any atom is -0.493 e. The maximum Gasteiger partial charge on any atom is 0.338 e. The van der Waals surface area contributed by atoms with Gasteiger partial charge >= 0.3 is 5.97 Å². The van der Waals surface area contributed by atoms with E-state index < -0.39 is 18.5 Å². The highest BCUT2D eigenvalue weighted by Crippen LogP contribution is 2.29. The molecule has 0 unspecified atom stereocenters. The second kappa shape index (κ2) is 10.9. The van der Waals surface area contributed by atoms with Crippen LogP contribution in [0.15, 0.2) is 42.5 Å². The first kappa shape index (κ1) is 22.1. The summed E-state index contributed by atoms with van der Waals surface area (Å²) in [5.74, 6) is 0.784. The zero-order valence-electron chi connectivity index (χ0n) is 17.2. The van der Waals surface area contributed by atoms with Crippen LogP contribution in [0.5, 0.6) is 17.2 Å². The minimum atomic E-state index is -0.632. The molecule has 2 rings (SSSR count). The van der Waals surface area contributed by atoms with Crippen LogP contribution in [0.4, 0.5) is 5.69 Å². The lowest BCUT2D eigenvalue weighted by molar-refractivity contribution is -0.119. The van der Waals surface area contributed by atoms with Gasteiger partial charge in [0.2, 0.25) is 0 Å². The molecule has 0 aliphatic heterocycles. The molecule has 0 atom stereocenters. The molecule has 0 saturated carbocycles. The van der Waals surface area contributed by atoms with Gasteiger partial charge in [-0.25, -0.2) is 4.79 Å². The van der Waals surface area contributed by atoms with E-state index in [-0.39, 0.29) is 5.56 Å². The summed E-state index contributed by atoms with van der Waals surface area (Å²) in [4.78, 5) is 24.4. The Morgan fingerprint density at radius 3 is 2.45 bits per heavy atom. The molecular weight excluding hydrogens is 374 g/mol.